The maximum Gasteiger partial charge on any atom is 0.230 e. The Balaban J connectivity index is 2.85. The number of amides is 1. The van der Waals surface area contributed by atoms with E-state index in [4.69, 9.17) is 16.7 Å². The number of hydrogen-bond donors (Lipinski definition) is 2. The number of nitrogens with one attached hydrogen (secondary N) is 1. The lowest BCUT2D eigenvalue weighted by atomic mass is 9.83. The number of rotatable bonds is 5. The number of carbonyl (C=O) groups excluding carboxylic acids is 1. The molecule has 0 aliphatic rings. The first-order valence-electron chi connectivity index (χ1n) is 6.09. The summed E-state index contributed by atoms with van der Waals surface area (Å²) >= 11 is 5.84. The smallest absolute Gasteiger partial charge is 0.230 e. The van der Waals surface area contributed by atoms with Gasteiger partial charge < -0.3 is 10.4 Å². The van der Waals surface area contributed by atoms with Crippen LogP contribution in [0.2, 0.25) is 5.02 Å². The number of aliphatic hydroxyl groups excluding tert-OH is 1. The molecule has 2 N–H and O–H groups in total. The molecule has 4 heteroatoms. The molecular weight excluding hydrogens is 250 g/mol. The molecule has 1 rings (SSSR count). The quantitative estimate of drug-likeness (QED) is 0.863. The Morgan fingerprint density at radius 3 is 2.39 bits per heavy atom. The monoisotopic (exact) mass is 269 g/mol. The highest BCUT2D eigenvalue weighted by Crippen LogP contribution is 2.25. The van der Waals surface area contributed by atoms with Gasteiger partial charge in [-0.3, -0.25) is 4.79 Å². The van der Waals surface area contributed by atoms with Gasteiger partial charge in [0.05, 0.1) is 18.1 Å². The second kappa shape index (κ2) is 6.21. The third-order valence-electron chi connectivity index (χ3n) is 3.18. The van der Waals surface area contributed by atoms with E-state index in [0.717, 1.165) is 5.56 Å². The van der Waals surface area contributed by atoms with Crippen molar-refractivity contribution in [3.8, 4) is 0 Å². The number of benzene rings is 1. The molecule has 0 fully saturated rings. The van der Waals surface area contributed by atoms with Crippen LogP contribution < -0.4 is 5.32 Å². The van der Waals surface area contributed by atoms with E-state index in [9.17, 15) is 4.79 Å². The molecule has 1 atom stereocenters. The summed E-state index contributed by atoms with van der Waals surface area (Å²) < 4.78 is 0. The van der Waals surface area contributed by atoms with Crippen LogP contribution in [0.5, 0.6) is 0 Å². The first-order valence-corrected chi connectivity index (χ1v) is 6.47. The van der Waals surface area contributed by atoms with Gasteiger partial charge >= 0.3 is 0 Å². The first-order chi connectivity index (χ1) is 8.41. The zero-order chi connectivity index (χ0) is 13.8. The maximum atomic E-state index is 12.2. The summed E-state index contributed by atoms with van der Waals surface area (Å²) in [5.41, 5.74) is 0.255. The molecule has 1 amide bonds. The minimum Gasteiger partial charge on any atom is -0.394 e. The van der Waals surface area contributed by atoms with E-state index in [0.29, 0.717) is 11.4 Å². The van der Waals surface area contributed by atoms with Crippen LogP contribution in [0, 0.1) is 0 Å². The van der Waals surface area contributed by atoms with Crippen LogP contribution in [0.15, 0.2) is 24.3 Å². The molecule has 0 saturated carbocycles. The van der Waals surface area contributed by atoms with Gasteiger partial charge in [-0.25, -0.2) is 0 Å². The Labute approximate surface area is 113 Å². The highest BCUT2D eigenvalue weighted by Gasteiger charge is 2.30. The van der Waals surface area contributed by atoms with Crippen LogP contribution in [-0.2, 0) is 10.2 Å². The third kappa shape index (κ3) is 3.47. The average molecular weight is 270 g/mol. The van der Waals surface area contributed by atoms with Crippen molar-refractivity contribution in [3.05, 3.63) is 34.9 Å². The molecule has 1 aromatic carbocycles. The molecule has 0 aliphatic carbocycles. The summed E-state index contributed by atoms with van der Waals surface area (Å²) in [5, 5.41) is 12.6. The predicted octanol–water partition coefficient (Wildman–Crippen LogP) is 2.50. The number of halogens is 1. The van der Waals surface area contributed by atoms with Crippen molar-refractivity contribution in [2.24, 2.45) is 0 Å². The van der Waals surface area contributed by atoms with Gasteiger partial charge in [0.25, 0.3) is 0 Å². The van der Waals surface area contributed by atoms with Crippen LogP contribution in [0.25, 0.3) is 0 Å². The van der Waals surface area contributed by atoms with E-state index in [1.54, 1.807) is 12.1 Å². The van der Waals surface area contributed by atoms with Crippen molar-refractivity contribution < 1.29 is 9.90 Å². The normalized spacial score (nSPS) is 13.2. The fourth-order valence-electron chi connectivity index (χ4n) is 1.64. The lowest BCUT2D eigenvalue weighted by Crippen LogP contribution is -2.46. The van der Waals surface area contributed by atoms with Crippen molar-refractivity contribution in [2.75, 3.05) is 6.61 Å². The Kier molecular flexibility index (Phi) is 5.17. The van der Waals surface area contributed by atoms with Gasteiger partial charge in [0.2, 0.25) is 5.91 Å². The van der Waals surface area contributed by atoms with Gasteiger partial charge in [-0.05, 0) is 38.0 Å². The summed E-state index contributed by atoms with van der Waals surface area (Å²) in [6, 6.07) is 7.05. The zero-order valence-electron chi connectivity index (χ0n) is 11.0. The van der Waals surface area contributed by atoms with Crippen LogP contribution in [-0.4, -0.2) is 23.7 Å². The Morgan fingerprint density at radius 2 is 1.94 bits per heavy atom. The molecule has 100 valence electrons. The Morgan fingerprint density at radius 1 is 1.39 bits per heavy atom. The lowest BCUT2D eigenvalue weighted by molar-refractivity contribution is -0.126. The SMILES string of the molecule is CCC(CO)NC(=O)C(C)(C)c1ccc(Cl)cc1. The van der Waals surface area contributed by atoms with Crippen LogP contribution in [0.1, 0.15) is 32.8 Å². The minimum atomic E-state index is -0.646. The Hall–Kier alpha value is -1.06. The molecule has 0 aliphatic heterocycles. The number of aliphatic hydroxyl groups is 1. The van der Waals surface area contributed by atoms with Gasteiger partial charge in [0.15, 0.2) is 0 Å². The predicted molar refractivity (Wildman–Crippen MR) is 73.8 cm³/mol. The highest BCUT2D eigenvalue weighted by molar-refractivity contribution is 6.30. The van der Waals surface area contributed by atoms with Crippen molar-refractivity contribution >= 4 is 17.5 Å². The van der Waals surface area contributed by atoms with Crippen molar-refractivity contribution in [2.45, 2.75) is 38.6 Å². The van der Waals surface area contributed by atoms with E-state index >= 15 is 0 Å². The second-order valence-corrected chi connectivity index (χ2v) is 5.33. The van der Waals surface area contributed by atoms with Gasteiger partial charge in [-0.15, -0.1) is 0 Å². The summed E-state index contributed by atoms with van der Waals surface area (Å²) in [6.07, 6.45) is 0.707. The fourth-order valence-corrected chi connectivity index (χ4v) is 1.77. The van der Waals surface area contributed by atoms with E-state index in [1.165, 1.54) is 0 Å². The van der Waals surface area contributed by atoms with Gasteiger partial charge in [-0.2, -0.15) is 0 Å². The Bertz CT molecular complexity index is 397. The van der Waals surface area contributed by atoms with Crippen molar-refractivity contribution in [1.29, 1.82) is 0 Å². The summed E-state index contributed by atoms with van der Waals surface area (Å²) in [7, 11) is 0. The molecule has 0 bridgehead atoms. The average Bonchev–Trinajstić information content (AvgIpc) is 2.36. The van der Waals surface area contributed by atoms with E-state index in [2.05, 4.69) is 5.32 Å². The van der Waals surface area contributed by atoms with E-state index < -0.39 is 5.41 Å². The summed E-state index contributed by atoms with van der Waals surface area (Å²) in [6.45, 7) is 5.60. The molecule has 1 aromatic rings. The minimum absolute atomic E-state index is 0.0427. The second-order valence-electron chi connectivity index (χ2n) is 4.89. The van der Waals surface area contributed by atoms with Crippen molar-refractivity contribution in [3.63, 3.8) is 0 Å². The molecular formula is C14H20ClNO2. The fraction of sp³-hybridized carbons (Fsp3) is 0.500. The largest absolute Gasteiger partial charge is 0.394 e. The van der Waals surface area contributed by atoms with Gasteiger partial charge in [0.1, 0.15) is 0 Å². The molecule has 0 spiro atoms. The summed E-state index contributed by atoms with van der Waals surface area (Å²) in [5.74, 6) is -0.0919. The summed E-state index contributed by atoms with van der Waals surface area (Å²) in [4.78, 5) is 12.2. The first kappa shape index (κ1) is 15.0. The van der Waals surface area contributed by atoms with E-state index in [1.807, 2.05) is 32.9 Å². The molecule has 1 unspecified atom stereocenters. The maximum absolute atomic E-state index is 12.2. The highest BCUT2D eigenvalue weighted by atomic mass is 35.5. The van der Waals surface area contributed by atoms with Crippen molar-refractivity contribution in [1.82, 2.24) is 5.32 Å². The van der Waals surface area contributed by atoms with Gasteiger partial charge in [-0.1, -0.05) is 30.7 Å². The molecule has 0 heterocycles. The number of carbonyl (C=O) groups is 1. The van der Waals surface area contributed by atoms with Crippen LogP contribution in [0.3, 0.4) is 0 Å². The topological polar surface area (TPSA) is 49.3 Å². The van der Waals surface area contributed by atoms with Crippen LogP contribution in [0.4, 0.5) is 0 Å². The lowest BCUT2D eigenvalue weighted by Gasteiger charge is -2.26. The molecule has 0 aromatic heterocycles. The molecule has 18 heavy (non-hydrogen) atoms. The standard InChI is InChI=1S/C14H20ClNO2/c1-4-12(9-17)16-13(18)14(2,3)10-5-7-11(15)8-6-10/h5-8,12,17H,4,9H2,1-3H3,(H,16,18). The molecule has 0 radical (unpaired) electrons. The molecule has 0 saturated heterocycles. The molecule has 3 nitrogen and oxygen atoms in total. The van der Waals surface area contributed by atoms with E-state index in [-0.39, 0.29) is 18.6 Å². The van der Waals surface area contributed by atoms with Gasteiger partial charge in [0, 0.05) is 5.02 Å². The number of hydrogen-bond acceptors (Lipinski definition) is 2. The third-order valence-corrected chi connectivity index (χ3v) is 3.43. The zero-order valence-corrected chi connectivity index (χ0v) is 11.8. The van der Waals surface area contributed by atoms with Crippen LogP contribution >= 0.6 is 11.6 Å².